The smallest absolute Gasteiger partial charge is 0.410 e. The van der Waals surface area contributed by atoms with E-state index in [0.717, 1.165) is 19.3 Å². The predicted molar refractivity (Wildman–Crippen MR) is 84.7 cm³/mol. The normalized spacial score (nSPS) is 21.1. The maximum absolute atomic E-state index is 12.0. The Kier molecular flexibility index (Phi) is 5.40. The van der Waals surface area contributed by atoms with Gasteiger partial charge in [0.15, 0.2) is 0 Å². The fourth-order valence-corrected chi connectivity index (χ4v) is 2.37. The molecule has 1 saturated carbocycles. The fourth-order valence-electron chi connectivity index (χ4n) is 2.37. The van der Waals surface area contributed by atoms with Crippen LogP contribution in [0, 0.1) is 0 Å². The minimum Gasteiger partial charge on any atom is -0.444 e. The highest BCUT2D eigenvalue weighted by atomic mass is 16.6. The molecule has 0 radical (unpaired) electrons. The van der Waals surface area contributed by atoms with Gasteiger partial charge >= 0.3 is 6.09 Å². The molecule has 22 heavy (non-hydrogen) atoms. The molecular formula is C17H26N2O3. The lowest BCUT2D eigenvalue weighted by Gasteiger charge is -2.41. The number of hydrogen-bond acceptors (Lipinski definition) is 4. The van der Waals surface area contributed by atoms with Crippen LogP contribution < -0.4 is 0 Å². The van der Waals surface area contributed by atoms with E-state index in [1.807, 2.05) is 32.9 Å². The van der Waals surface area contributed by atoms with Gasteiger partial charge in [0.05, 0.1) is 12.7 Å². The Balaban J connectivity index is 1.64. The molecule has 5 nitrogen and oxygen atoms in total. The molecule has 1 aliphatic rings. The third kappa shape index (κ3) is 4.98. The molecular weight excluding hydrogens is 280 g/mol. The Morgan fingerprint density at radius 2 is 1.95 bits per heavy atom. The van der Waals surface area contributed by atoms with E-state index in [-0.39, 0.29) is 18.2 Å². The first-order valence-corrected chi connectivity index (χ1v) is 7.81. The van der Waals surface area contributed by atoms with Crippen LogP contribution in [0.4, 0.5) is 4.79 Å². The van der Waals surface area contributed by atoms with Crippen LogP contribution in [0.5, 0.6) is 0 Å². The van der Waals surface area contributed by atoms with Gasteiger partial charge in [-0.1, -0.05) is 0 Å². The summed E-state index contributed by atoms with van der Waals surface area (Å²) in [5, 5.41) is 0. The summed E-state index contributed by atoms with van der Waals surface area (Å²) in [6.07, 6.45) is 6.24. The lowest BCUT2D eigenvalue weighted by molar-refractivity contribution is -0.0501. The monoisotopic (exact) mass is 306 g/mol. The van der Waals surface area contributed by atoms with Crippen LogP contribution in [0.1, 0.15) is 39.2 Å². The van der Waals surface area contributed by atoms with E-state index >= 15 is 0 Å². The number of pyridine rings is 1. The van der Waals surface area contributed by atoms with Crippen molar-refractivity contribution in [3.8, 4) is 0 Å². The highest BCUT2D eigenvalue weighted by molar-refractivity contribution is 5.68. The molecule has 1 aromatic rings. The van der Waals surface area contributed by atoms with Gasteiger partial charge < -0.3 is 14.4 Å². The summed E-state index contributed by atoms with van der Waals surface area (Å²) in [7, 11) is 1.80. The molecule has 1 amide bonds. The number of hydrogen-bond donors (Lipinski definition) is 0. The molecule has 5 heteroatoms. The van der Waals surface area contributed by atoms with Crippen LogP contribution >= 0.6 is 0 Å². The summed E-state index contributed by atoms with van der Waals surface area (Å²) in [5.74, 6) is 0. The number of aromatic nitrogens is 1. The number of carbonyl (C=O) groups excluding carboxylic acids is 1. The molecule has 1 fully saturated rings. The fraction of sp³-hybridized carbons (Fsp3) is 0.647. The molecule has 0 unspecified atom stereocenters. The first-order valence-electron chi connectivity index (χ1n) is 7.81. The molecule has 1 heterocycles. The predicted octanol–water partition coefficient (Wildman–Crippen LogP) is 3.04. The zero-order valence-corrected chi connectivity index (χ0v) is 13.9. The van der Waals surface area contributed by atoms with Crippen LogP contribution in [-0.2, 0) is 15.9 Å². The van der Waals surface area contributed by atoms with Crippen LogP contribution in [0.15, 0.2) is 24.5 Å². The number of carbonyl (C=O) groups is 1. The lowest BCUT2D eigenvalue weighted by Crippen LogP contribution is -2.50. The summed E-state index contributed by atoms with van der Waals surface area (Å²) in [5.41, 5.74) is 0.784. The van der Waals surface area contributed by atoms with E-state index in [0.29, 0.717) is 6.61 Å². The minimum atomic E-state index is -0.449. The average Bonchev–Trinajstić information content (AvgIpc) is 2.40. The van der Waals surface area contributed by atoms with Gasteiger partial charge in [-0.15, -0.1) is 0 Å². The van der Waals surface area contributed by atoms with E-state index < -0.39 is 5.60 Å². The molecule has 0 aromatic carbocycles. The molecule has 0 bridgehead atoms. The van der Waals surface area contributed by atoms with Gasteiger partial charge in [0.2, 0.25) is 0 Å². The third-order valence-electron chi connectivity index (χ3n) is 3.79. The van der Waals surface area contributed by atoms with E-state index in [1.54, 1.807) is 24.3 Å². The van der Waals surface area contributed by atoms with Gasteiger partial charge in [0, 0.05) is 25.5 Å². The Hall–Kier alpha value is -1.62. The molecule has 122 valence electrons. The zero-order chi connectivity index (χ0) is 16.2. The first kappa shape index (κ1) is 16.7. The summed E-state index contributed by atoms with van der Waals surface area (Å²) >= 11 is 0. The average molecular weight is 306 g/mol. The van der Waals surface area contributed by atoms with E-state index in [1.165, 1.54) is 5.56 Å². The number of rotatable bonds is 5. The van der Waals surface area contributed by atoms with Crippen molar-refractivity contribution in [1.29, 1.82) is 0 Å². The number of nitrogens with zero attached hydrogens (tertiary/aromatic N) is 2. The largest absolute Gasteiger partial charge is 0.444 e. The molecule has 2 rings (SSSR count). The van der Waals surface area contributed by atoms with Crippen molar-refractivity contribution < 1.29 is 14.3 Å². The van der Waals surface area contributed by atoms with E-state index in [9.17, 15) is 4.79 Å². The summed E-state index contributed by atoms with van der Waals surface area (Å²) in [4.78, 5) is 17.6. The summed E-state index contributed by atoms with van der Waals surface area (Å²) < 4.78 is 11.2. The number of ether oxygens (including phenoxy) is 2. The highest BCUT2D eigenvalue weighted by Crippen LogP contribution is 2.28. The van der Waals surface area contributed by atoms with Crippen molar-refractivity contribution in [2.75, 3.05) is 13.7 Å². The molecule has 0 atom stereocenters. The van der Waals surface area contributed by atoms with Crippen molar-refractivity contribution in [3.63, 3.8) is 0 Å². The molecule has 1 aliphatic carbocycles. The molecule has 1 aromatic heterocycles. The lowest BCUT2D eigenvalue weighted by atomic mass is 9.88. The zero-order valence-electron chi connectivity index (χ0n) is 13.9. The molecule has 0 spiro atoms. The van der Waals surface area contributed by atoms with Crippen molar-refractivity contribution in [1.82, 2.24) is 9.88 Å². The summed E-state index contributed by atoms with van der Waals surface area (Å²) in [6.45, 7) is 6.34. The first-order chi connectivity index (χ1) is 10.3. The van der Waals surface area contributed by atoms with Crippen molar-refractivity contribution >= 4 is 6.09 Å². The van der Waals surface area contributed by atoms with Crippen molar-refractivity contribution in [2.24, 2.45) is 0 Å². The van der Waals surface area contributed by atoms with Crippen LogP contribution in [0.2, 0.25) is 0 Å². The second-order valence-corrected chi connectivity index (χ2v) is 6.81. The van der Waals surface area contributed by atoms with E-state index in [4.69, 9.17) is 9.47 Å². The maximum Gasteiger partial charge on any atom is 0.410 e. The van der Waals surface area contributed by atoms with Gasteiger partial charge in [-0.25, -0.2) is 4.79 Å². The van der Waals surface area contributed by atoms with Gasteiger partial charge in [-0.05, 0) is 57.7 Å². The Morgan fingerprint density at radius 1 is 1.32 bits per heavy atom. The topological polar surface area (TPSA) is 51.7 Å². The van der Waals surface area contributed by atoms with E-state index in [2.05, 4.69) is 4.98 Å². The van der Waals surface area contributed by atoms with Gasteiger partial charge in [-0.2, -0.15) is 0 Å². The highest BCUT2D eigenvalue weighted by Gasteiger charge is 2.36. The molecule has 0 N–H and O–H groups in total. The quantitative estimate of drug-likeness (QED) is 0.839. The molecule has 0 aliphatic heterocycles. The standard InChI is InChI=1S/C17H26N2O3/c1-17(2,3)22-16(20)19(4)14-11-15(12-14)21-10-7-13-5-8-18-9-6-13/h5-6,8-9,14-15H,7,10-12H2,1-4H3/t14-,15-. The minimum absolute atomic E-state index is 0.223. The van der Waals surface area contributed by atoms with Gasteiger partial charge in [0.1, 0.15) is 5.60 Å². The Morgan fingerprint density at radius 3 is 2.55 bits per heavy atom. The molecule has 0 saturated heterocycles. The second kappa shape index (κ2) is 7.09. The van der Waals surface area contributed by atoms with Crippen LogP contribution in [-0.4, -0.2) is 47.4 Å². The summed E-state index contributed by atoms with van der Waals surface area (Å²) in [6, 6.07) is 4.23. The second-order valence-electron chi connectivity index (χ2n) is 6.81. The maximum atomic E-state index is 12.0. The SMILES string of the molecule is CN(C(=O)OC(C)(C)C)[C@H]1C[C@H](OCCc2ccncc2)C1. The Labute approximate surface area is 132 Å². The van der Waals surface area contributed by atoms with Crippen molar-refractivity contribution in [2.45, 2.75) is 57.8 Å². The van der Waals surface area contributed by atoms with Crippen LogP contribution in [0.3, 0.4) is 0 Å². The van der Waals surface area contributed by atoms with Gasteiger partial charge in [0.25, 0.3) is 0 Å². The van der Waals surface area contributed by atoms with Crippen LogP contribution in [0.25, 0.3) is 0 Å². The van der Waals surface area contributed by atoms with Gasteiger partial charge in [-0.3, -0.25) is 4.98 Å². The third-order valence-corrected chi connectivity index (χ3v) is 3.79. The Bertz CT molecular complexity index is 478. The number of amides is 1. The van der Waals surface area contributed by atoms with Crippen molar-refractivity contribution in [3.05, 3.63) is 30.1 Å².